The third-order valence-corrected chi connectivity index (χ3v) is 2.69. The number of halogens is 1. The quantitative estimate of drug-likeness (QED) is 0.828. The molecule has 16 heavy (non-hydrogen) atoms. The molecule has 1 heterocycles. The van der Waals surface area contributed by atoms with E-state index in [0.29, 0.717) is 12.4 Å². The van der Waals surface area contributed by atoms with Gasteiger partial charge in [-0.2, -0.15) is 5.10 Å². The van der Waals surface area contributed by atoms with E-state index in [2.05, 4.69) is 15.4 Å². The first-order valence-corrected chi connectivity index (χ1v) is 5.55. The molecule has 0 spiro atoms. The van der Waals surface area contributed by atoms with Gasteiger partial charge in [0.25, 0.3) is 0 Å². The number of rotatable bonds is 4. The first-order chi connectivity index (χ1) is 7.81. The molecule has 4 nitrogen and oxygen atoms in total. The summed E-state index contributed by atoms with van der Waals surface area (Å²) in [5.41, 5.74) is 2.13. The Kier molecular flexibility index (Phi) is 3.41. The van der Waals surface area contributed by atoms with E-state index >= 15 is 0 Å². The Morgan fingerprint density at radius 2 is 2.19 bits per heavy atom. The van der Waals surface area contributed by atoms with Gasteiger partial charge in [-0.05, 0) is 11.6 Å². The first-order valence-electron chi connectivity index (χ1n) is 5.02. The Hall–Kier alpha value is -1.55. The Bertz CT molecular complexity index is 467. The summed E-state index contributed by atoms with van der Waals surface area (Å²) in [6, 6.07) is 7.97. The number of alkyl halides is 1. The van der Waals surface area contributed by atoms with Crippen LogP contribution < -0.4 is 5.32 Å². The lowest BCUT2D eigenvalue weighted by Gasteiger charge is -2.09. The van der Waals surface area contributed by atoms with Crippen molar-refractivity contribution in [3.8, 4) is 0 Å². The highest BCUT2D eigenvalue weighted by Gasteiger charge is 2.02. The van der Waals surface area contributed by atoms with Gasteiger partial charge >= 0.3 is 0 Å². The van der Waals surface area contributed by atoms with Gasteiger partial charge in [0.15, 0.2) is 0 Å². The number of hydrogen-bond acceptors (Lipinski definition) is 3. The van der Waals surface area contributed by atoms with Gasteiger partial charge in [0.2, 0.25) is 0 Å². The van der Waals surface area contributed by atoms with E-state index < -0.39 is 0 Å². The summed E-state index contributed by atoms with van der Waals surface area (Å²) in [6.07, 6.45) is 1.55. The van der Waals surface area contributed by atoms with Crippen LogP contribution in [-0.2, 0) is 19.5 Å². The number of nitrogens with one attached hydrogen (secondary N) is 1. The van der Waals surface area contributed by atoms with Crippen molar-refractivity contribution in [3.63, 3.8) is 0 Å². The van der Waals surface area contributed by atoms with E-state index in [4.69, 9.17) is 11.6 Å². The van der Waals surface area contributed by atoms with E-state index in [1.807, 2.05) is 31.3 Å². The summed E-state index contributed by atoms with van der Waals surface area (Å²) < 4.78 is 1.75. The number of para-hydroxylation sites is 1. The van der Waals surface area contributed by atoms with Crippen molar-refractivity contribution in [2.24, 2.45) is 7.05 Å². The van der Waals surface area contributed by atoms with Gasteiger partial charge in [0.1, 0.15) is 12.2 Å². The fourth-order valence-corrected chi connectivity index (χ4v) is 1.70. The molecule has 0 radical (unpaired) electrons. The lowest BCUT2D eigenvalue weighted by atomic mass is 10.2. The van der Waals surface area contributed by atoms with Crippen LogP contribution in [-0.4, -0.2) is 14.8 Å². The monoisotopic (exact) mass is 236 g/mol. The Balaban J connectivity index is 2.07. The summed E-state index contributed by atoms with van der Waals surface area (Å²) in [6.45, 7) is 0.643. The molecule has 0 aliphatic rings. The topological polar surface area (TPSA) is 42.7 Å². The van der Waals surface area contributed by atoms with Gasteiger partial charge in [-0.25, -0.2) is 4.98 Å². The third kappa shape index (κ3) is 2.33. The molecule has 0 saturated carbocycles. The lowest BCUT2D eigenvalue weighted by Crippen LogP contribution is -2.07. The zero-order chi connectivity index (χ0) is 11.4. The maximum atomic E-state index is 5.85. The number of aromatic nitrogens is 3. The largest absolute Gasteiger partial charge is 0.377 e. The highest BCUT2D eigenvalue weighted by atomic mass is 35.5. The van der Waals surface area contributed by atoms with Crippen molar-refractivity contribution in [3.05, 3.63) is 42.0 Å². The molecule has 2 aromatic rings. The second kappa shape index (κ2) is 4.99. The third-order valence-electron chi connectivity index (χ3n) is 2.40. The molecular weight excluding hydrogens is 224 g/mol. The Morgan fingerprint density at radius 1 is 1.38 bits per heavy atom. The van der Waals surface area contributed by atoms with E-state index in [9.17, 15) is 0 Å². The van der Waals surface area contributed by atoms with Crippen LogP contribution in [0.15, 0.2) is 30.6 Å². The maximum absolute atomic E-state index is 5.85. The number of nitrogens with zero attached hydrogens (tertiary/aromatic N) is 3. The van der Waals surface area contributed by atoms with E-state index in [0.717, 1.165) is 17.1 Å². The van der Waals surface area contributed by atoms with Gasteiger partial charge in [0, 0.05) is 18.6 Å². The van der Waals surface area contributed by atoms with E-state index in [1.165, 1.54) is 0 Å². The molecule has 0 bridgehead atoms. The van der Waals surface area contributed by atoms with Crippen LogP contribution in [0.2, 0.25) is 0 Å². The van der Waals surface area contributed by atoms with Crippen molar-refractivity contribution < 1.29 is 0 Å². The summed E-state index contributed by atoms with van der Waals surface area (Å²) >= 11 is 5.85. The average molecular weight is 237 g/mol. The zero-order valence-electron chi connectivity index (χ0n) is 9.02. The predicted molar refractivity (Wildman–Crippen MR) is 64.3 cm³/mol. The Morgan fingerprint density at radius 3 is 2.88 bits per heavy atom. The molecule has 0 aliphatic carbocycles. The van der Waals surface area contributed by atoms with Crippen molar-refractivity contribution in [2.45, 2.75) is 12.4 Å². The van der Waals surface area contributed by atoms with Crippen molar-refractivity contribution in [1.82, 2.24) is 14.8 Å². The first kappa shape index (κ1) is 11.0. The number of anilines is 1. The second-order valence-corrected chi connectivity index (χ2v) is 3.71. The molecule has 0 unspecified atom stereocenters. The minimum absolute atomic E-state index is 0.502. The molecule has 84 valence electrons. The van der Waals surface area contributed by atoms with Crippen molar-refractivity contribution >= 4 is 17.3 Å². The average Bonchev–Trinajstić information content (AvgIpc) is 2.72. The van der Waals surface area contributed by atoms with Gasteiger partial charge < -0.3 is 5.32 Å². The van der Waals surface area contributed by atoms with Crippen LogP contribution in [0.25, 0.3) is 0 Å². The van der Waals surface area contributed by atoms with Crippen LogP contribution in [0.5, 0.6) is 0 Å². The highest BCUT2D eigenvalue weighted by Crippen LogP contribution is 2.17. The standard InChI is InChI=1S/C11H13ClN4/c1-16-11(14-8-15-16)7-13-10-5-3-2-4-9(10)6-12/h2-5,8,13H,6-7H2,1H3. The molecule has 2 rings (SSSR count). The summed E-state index contributed by atoms with van der Waals surface area (Å²) in [5.74, 6) is 1.39. The van der Waals surface area contributed by atoms with Crippen LogP contribution >= 0.6 is 11.6 Å². The SMILES string of the molecule is Cn1ncnc1CNc1ccccc1CCl. The smallest absolute Gasteiger partial charge is 0.145 e. The summed E-state index contributed by atoms with van der Waals surface area (Å²) in [5, 5.41) is 7.31. The van der Waals surface area contributed by atoms with E-state index in [-0.39, 0.29) is 0 Å². The van der Waals surface area contributed by atoms with Gasteiger partial charge in [-0.1, -0.05) is 18.2 Å². The maximum Gasteiger partial charge on any atom is 0.145 e. The normalized spacial score (nSPS) is 10.4. The minimum atomic E-state index is 0.502. The minimum Gasteiger partial charge on any atom is -0.377 e. The molecule has 0 aliphatic heterocycles. The molecule has 0 fully saturated rings. The molecule has 1 aromatic heterocycles. The number of benzene rings is 1. The van der Waals surface area contributed by atoms with Crippen molar-refractivity contribution in [2.75, 3.05) is 5.32 Å². The molecule has 1 aromatic carbocycles. The molecule has 1 N–H and O–H groups in total. The number of aryl methyl sites for hydroxylation is 1. The zero-order valence-corrected chi connectivity index (χ0v) is 9.78. The molecular formula is C11H13ClN4. The molecule has 5 heteroatoms. The van der Waals surface area contributed by atoms with E-state index in [1.54, 1.807) is 11.0 Å². The van der Waals surface area contributed by atoms with Crippen molar-refractivity contribution in [1.29, 1.82) is 0 Å². The highest BCUT2D eigenvalue weighted by molar-refractivity contribution is 6.17. The predicted octanol–water partition coefficient (Wildman–Crippen LogP) is 2.17. The fraction of sp³-hybridized carbons (Fsp3) is 0.273. The van der Waals surface area contributed by atoms with Gasteiger partial charge in [-0.15, -0.1) is 11.6 Å². The summed E-state index contributed by atoms with van der Waals surface area (Å²) in [7, 11) is 1.87. The lowest BCUT2D eigenvalue weighted by molar-refractivity contribution is 0.712. The molecule has 0 atom stereocenters. The van der Waals surface area contributed by atoms with Gasteiger partial charge in [-0.3, -0.25) is 4.68 Å². The Labute approximate surface area is 99.3 Å². The van der Waals surface area contributed by atoms with Crippen LogP contribution in [0.4, 0.5) is 5.69 Å². The second-order valence-electron chi connectivity index (χ2n) is 3.44. The molecule has 0 amide bonds. The van der Waals surface area contributed by atoms with Gasteiger partial charge in [0.05, 0.1) is 6.54 Å². The van der Waals surface area contributed by atoms with Crippen LogP contribution in [0.1, 0.15) is 11.4 Å². The molecule has 0 saturated heterocycles. The van der Waals surface area contributed by atoms with Crippen LogP contribution in [0.3, 0.4) is 0 Å². The fourth-order valence-electron chi connectivity index (χ4n) is 1.46. The van der Waals surface area contributed by atoms with Crippen LogP contribution in [0, 0.1) is 0 Å². The number of hydrogen-bond donors (Lipinski definition) is 1. The summed E-state index contributed by atoms with van der Waals surface area (Å²) in [4.78, 5) is 4.14.